The maximum absolute atomic E-state index is 12.9. The predicted octanol–water partition coefficient (Wildman–Crippen LogP) is 4.60. The Morgan fingerprint density at radius 2 is 1.71 bits per heavy atom. The van der Waals surface area contributed by atoms with E-state index in [2.05, 4.69) is 47.6 Å². The second kappa shape index (κ2) is 10.1. The Hall–Kier alpha value is -3.00. The second-order valence-corrected chi connectivity index (χ2v) is 9.70. The van der Waals surface area contributed by atoms with Gasteiger partial charge >= 0.3 is 0 Å². The lowest BCUT2D eigenvalue weighted by atomic mass is 10.2. The number of imide groups is 1. The van der Waals surface area contributed by atoms with Crippen molar-refractivity contribution in [2.75, 3.05) is 37.6 Å². The van der Waals surface area contributed by atoms with Gasteiger partial charge in [0.2, 0.25) is 5.91 Å². The second-order valence-electron chi connectivity index (χ2n) is 8.71. The van der Waals surface area contributed by atoms with Gasteiger partial charge in [-0.05, 0) is 94.3 Å². The lowest BCUT2D eigenvalue weighted by Crippen LogP contribution is -2.40. The molecule has 2 fully saturated rings. The van der Waals surface area contributed by atoms with Crippen molar-refractivity contribution in [1.29, 1.82) is 0 Å². The number of rotatable bonds is 7. The Kier molecular flexibility index (Phi) is 7.16. The number of benzene rings is 1. The van der Waals surface area contributed by atoms with Crippen molar-refractivity contribution in [2.24, 2.45) is 0 Å². The molecule has 0 radical (unpaired) electrons. The van der Waals surface area contributed by atoms with Crippen LogP contribution in [0.2, 0.25) is 0 Å². The van der Waals surface area contributed by atoms with Crippen LogP contribution in [0.4, 0.5) is 10.5 Å². The number of amides is 3. The minimum Gasteiger partial charge on any atom is -0.372 e. The largest absolute Gasteiger partial charge is 0.372 e. The maximum atomic E-state index is 12.9. The van der Waals surface area contributed by atoms with E-state index in [1.807, 2.05) is 19.9 Å². The summed E-state index contributed by atoms with van der Waals surface area (Å²) in [5, 5.41) is -0.385. The van der Waals surface area contributed by atoms with Gasteiger partial charge in [-0.15, -0.1) is 0 Å². The van der Waals surface area contributed by atoms with Gasteiger partial charge in [0.1, 0.15) is 6.54 Å². The smallest absolute Gasteiger partial charge is 0.294 e. The quantitative estimate of drug-likeness (QED) is 0.542. The van der Waals surface area contributed by atoms with Crippen LogP contribution in [0.1, 0.15) is 43.6 Å². The number of thioether (sulfide) groups is 1. The van der Waals surface area contributed by atoms with E-state index in [4.69, 9.17) is 0 Å². The van der Waals surface area contributed by atoms with Crippen molar-refractivity contribution in [3.63, 3.8) is 0 Å². The molecule has 180 valence electrons. The van der Waals surface area contributed by atoms with Crippen molar-refractivity contribution < 1.29 is 14.4 Å². The zero-order chi connectivity index (χ0) is 24.4. The summed E-state index contributed by atoms with van der Waals surface area (Å²) in [5.41, 5.74) is 5.17. The van der Waals surface area contributed by atoms with Crippen LogP contribution < -0.4 is 4.90 Å². The van der Waals surface area contributed by atoms with Gasteiger partial charge in [-0.2, -0.15) is 0 Å². The predicted molar refractivity (Wildman–Crippen MR) is 137 cm³/mol. The Balaban J connectivity index is 1.55. The molecule has 0 saturated carbocycles. The third-order valence-electron chi connectivity index (χ3n) is 6.62. The zero-order valence-corrected chi connectivity index (χ0v) is 21.2. The maximum Gasteiger partial charge on any atom is 0.294 e. The third kappa shape index (κ3) is 4.64. The monoisotopic (exact) mass is 480 g/mol. The lowest BCUT2D eigenvalue weighted by Gasteiger charge is -2.21. The van der Waals surface area contributed by atoms with Crippen LogP contribution in [-0.2, 0) is 9.59 Å². The number of aromatic nitrogens is 1. The van der Waals surface area contributed by atoms with Gasteiger partial charge in [0.05, 0.1) is 4.91 Å². The molecule has 0 aliphatic carbocycles. The summed E-state index contributed by atoms with van der Waals surface area (Å²) in [5.74, 6) is -0.552. The summed E-state index contributed by atoms with van der Waals surface area (Å²) in [6.07, 6.45) is 3.72. The van der Waals surface area contributed by atoms with E-state index in [1.165, 1.54) is 5.69 Å². The highest BCUT2D eigenvalue weighted by Gasteiger charge is 2.37. The van der Waals surface area contributed by atoms with Crippen LogP contribution in [0, 0.1) is 13.8 Å². The van der Waals surface area contributed by atoms with Crippen molar-refractivity contribution in [3.05, 3.63) is 52.2 Å². The van der Waals surface area contributed by atoms with Gasteiger partial charge in [-0.1, -0.05) is 0 Å². The fraction of sp³-hybridized carbons (Fsp3) is 0.423. The van der Waals surface area contributed by atoms with Crippen molar-refractivity contribution >= 4 is 40.6 Å². The van der Waals surface area contributed by atoms with Crippen molar-refractivity contribution in [1.82, 2.24) is 14.4 Å². The summed E-state index contributed by atoms with van der Waals surface area (Å²) in [6, 6.07) is 10.5. The van der Waals surface area contributed by atoms with E-state index in [-0.39, 0.29) is 17.7 Å². The summed E-state index contributed by atoms with van der Waals surface area (Å²) in [6.45, 7) is 11.5. The molecule has 2 aromatic rings. The molecular formula is C26H32N4O3S. The number of hydrogen-bond acceptors (Lipinski definition) is 5. The molecule has 0 atom stereocenters. The molecule has 1 aromatic heterocycles. The third-order valence-corrected chi connectivity index (χ3v) is 7.53. The molecule has 2 aliphatic rings. The first-order valence-corrected chi connectivity index (χ1v) is 12.7. The van der Waals surface area contributed by atoms with Crippen LogP contribution >= 0.6 is 11.8 Å². The highest BCUT2D eigenvalue weighted by Crippen LogP contribution is 2.34. The van der Waals surface area contributed by atoms with Gasteiger partial charge in [-0.25, -0.2) is 0 Å². The molecule has 3 heterocycles. The number of nitrogens with zero attached hydrogens (tertiary/aromatic N) is 4. The summed E-state index contributed by atoms with van der Waals surface area (Å²) in [4.78, 5) is 43.4. The molecule has 0 spiro atoms. The van der Waals surface area contributed by atoms with Crippen LogP contribution in [0.25, 0.3) is 11.8 Å². The Labute approximate surface area is 205 Å². The highest BCUT2D eigenvalue weighted by molar-refractivity contribution is 8.18. The van der Waals surface area contributed by atoms with E-state index < -0.39 is 5.91 Å². The fourth-order valence-electron chi connectivity index (χ4n) is 4.71. The molecular weight excluding hydrogens is 448 g/mol. The lowest BCUT2D eigenvalue weighted by molar-refractivity contribution is -0.135. The SMILES string of the molecule is CCN(CC)c1ccc(-n2c(C)cc(/C=C3/SC(=O)N(CC(=O)N4CCCC4)C3=O)c2C)cc1. The number of carbonyl (C=O) groups excluding carboxylic acids is 3. The summed E-state index contributed by atoms with van der Waals surface area (Å²) in [7, 11) is 0. The van der Waals surface area contributed by atoms with Crippen LogP contribution in [-0.4, -0.2) is 64.1 Å². The molecule has 7 nitrogen and oxygen atoms in total. The van der Waals surface area contributed by atoms with E-state index in [1.54, 1.807) is 11.0 Å². The van der Waals surface area contributed by atoms with Gasteiger partial charge < -0.3 is 14.4 Å². The standard InChI is InChI=1S/C26H32N4O3S/c1-5-27(6-2)21-9-11-22(12-10-21)30-18(3)15-20(19(30)4)16-23-25(32)29(26(33)34-23)17-24(31)28-13-7-8-14-28/h9-12,15-16H,5-8,13-14,17H2,1-4H3/b23-16+. The van der Waals surface area contributed by atoms with Gasteiger partial charge in [0.15, 0.2) is 0 Å². The van der Waals surface area contributed by atoms with E-state index in [0.29, 0.717) is 18.0 Å². The minimum atomic E-state index is -0.393. The van der Waals surface area contributed by atoms with E-state index in [9.17, 15) is 14.4 Å². The normalized spacial score (nSPS) is 17.4. The molecule has 34 heavy (non-hydrogen) atoms. The first-order chi connectivity index (χ1) is 16.3. The molecule has 2 saturated heterocycles. The molecule has 3 amide bonds. The first kappa shape index (κ1) is 24.1. The average Bonchev–Trinajstić information content (AvgIpc) is 3.52. The zero-order valence-electron chi connectivity index (χ0n) is 20.3. The fourth-order valence-corrected chi connectivity index (χ4v) is 5.54. The van der Waals surface area contributed by atoms with Gasteiger partial charge in [0, 0.05) is 48.9 Å². The first-order valence-electron chi connectivity index (χ1n) is 11.9. The number of carbonyl (C=O) groups is 3. The summed E-state index contributed by atoms with van der Waals surface area (Å²) < 4.78 is 2.15. The Bertz CT molecular complexity index is 1130. The highest BCUT2D eigenvalue weighted by atomic mass is 32.2. The molecule has 1 aromatic carbocycles. The molecule has 0 bridgehead atoms. The molecule has 8 heteroatoms. The minimum absolute atomic E-state index is 0.160. The van der Waals surface area contributed by atoms with Gasteiger partial charge in [0.25, 0.3) is 11.1 Å². The number of likely N-dealkylation sites (tertiary alicyclic amines) is 1. The number of aryl methyl sites for hydroxylation is 1. The van der Waals surface area contributed by atoms with Crippen molar-refractivity contribution in [2.45, 2.75) is 40.5 Å². The Morgan fingerprint density at radius 1 is 1.06 bits per heavy atom. The molecule has 0 N–H and O–H groups in total. The Morgan fingerprint density at radius 3 is 2.32 bits per heavy atom. The molecule has 4 rings (SSSR count). The van der Waals surface area contributed by atoms with E-state index >= 15 is 0 Å². The van der Waals surface area contributed by atoms with Crippen LogP contribution in [0.5, 0.6) is 0 Å². The van der Waals surface area contributed by atoms with Crippen LogP contribution in [0.15, 0.2) is 35.2 Å². The average molecular weight is 481 g/mol. The number of anilines is 1. The summed E-state index contributed by atoms with van der Waals surface area (Å²) >= 11 is 0.904. The van der Waals surface area contributed by atoms with E-state index in [0.717, 1.165) is 65.2 Å². The molecule has 2 aliphatic heterocycles. The van der Waals surface area contributed by atoms with Crippen molar-refractivity contribution in [3.8, 4) is 5.69 Å². The van der Waals surface area contributed by atoms with Crippen LogP contribution in [0.3, 0.4) is 0 Å². The van der Waals surface area contributed by atoms with Gasteiger partial charge in [-0.3, -0.25) is 19.3 Å². The molecule has 0 unspecified atom stereocenters. The topological polar surface area (TPSA) is 65.9 Å². The number of hydrogen-bond donors (Lipinski definition) is 0.